The molecule has 0 spiro atoms. The van der Waals surface area contributed by atoms with Gasteiger partial charge in [0.1, 0.15) is 16.8 Å². The minimum absolute atomic E-state index is 0.124. The summed E-state index contributed by atoms with van der Waals surface area (Å²) in [6, 6.07) is 7.90. The predicted molar refractivity (Wildman–Crippen MR) is 105 cm³/mol. The molecule has 0 aliphatic rings. The fourth-order valence-corrected chi connectivity index (χ4v) is 2.99. The first-order valence-electron chi connectivity index (χ1n) is 7.35. The molecule has 0 aliphatic heterocycles. The Bertz CT molecular complexity index is 905. The molecule has 6 nitrogen and oxygen atoms in total. The van der Waals surface area contributed by atoms with Crippen LogP contribution in [0.5, 0.6) is 23.0 Å². The maximum absolute atomic E-state index is 9.76. The fraction of sp³-hybridized carbons (Fsp3) is 0.111. The van der Waals surface area contributed by atoms with Gasteiger partial charge in [-0.15, -0.1) is 0 Å². The number of nitrogens with zero attached hydrogens (tertiary/aromatic N) is 1. The van der Waals surface area contributed by atoms with Gasteiger partial charge in [0.15, 0.2) is 17.2 Å². The summed E-state index contributed by atoms with van der Waals surface area (Å²) in [5.74, 6) is -1.47. The summed E-state index contributed by atoms with van der Waals surface area (Å²) in [6.45, 7) is 2.11. The van der Waals surface area contributed by atoms with E-state index in [0.29, 0.717) is 22.1 Å². The number of thiocarbonyl (C=S) groups is 1. The van der Waals surface area contributed by atoms with Crippen molar-refractivity contribution in [2.75, 3.05) is 0 Å². The second-order valence-electron chi connectivity index (χ2n) is 5.50. The molecule has 0 radical (unpaired) electrons. The molecule has 2 aromatic carbocycles. The Balaban J connectivity index is 2.18. The number of hydrogen-bond donors (Lipinski definition) is 5. The van der Waals surface area contributed by atoms with Crippen LogP contribution in [0, 0.1) is 18.3 Å². The molecule has 26 heavy (non-hydrogen) atoms. The molecule has 0 unspecified atom stereocenters. The maximum atomic E-state index is 9.76. The number of phenols is 4. The van der Waals surface area contributed by atoms with Crippen LogP contribution in [-0.4, -0.2) is 25.4 Å². The van der Waals surface area contributed by atoms with E-state index in [9.17, 15) is 25.7 Å². The molecule has 134 valence electrons. The predicted octanol–water partition coefficient (Wildman–Crippen LogP) is 3.60. The van der Waals surface area contributed by atoms with Crippen LogP contribution in [0.3, 0.4) is 0 Å². The normalized spacial score (nSPS) is 11.0. The van der Waals surface area contributed by atoms with E-state index in [-0.39, 0.29) is 16.3 Å². The van der Waals surface area contributed by atoms with Gasteiger partial charge in [0.2, 0.25) is 0 Å². The van der Waals surface area contributed by atoms with E-state index in [1.807, 2.05) is 6.07 Å². The van der Waals surface area contributed by atoms with Crippen LogP contribution in [0.15, 0.2) is 34.3 Å². The SMILES string of the molecule is Cc1cc(CNC(=S)/C(C#N)=C/c2cc(O)c(O)c(O)c2)cc(Br)c1O. The van der Waals surface area contributed by atoms with E-state index in [1.54, 1.807) is 19.1 Å². The fourth-order valence-electron chi connectivity index (χ4n) is 2.21. The lowest BCUT2D eigenvalue weighted by Crippen LogP contribution is -2.22. The van der Waals surface area contributed by atoms with Crippen LogP contribution in [0.4, 0.5) is 0 Å². The number of aryl methyl sites for hydroxylation is 1. The third kappa shape index (κ3) is 4.45. The van der Waals surface area contributed by atoms with Gasteiger partial charge < -0.3 is 25.7 Å². The van der Waals surface area contributed by atoms with E-state index in [0.717, 1.165) is 5.56 Å². The number of aromatic hydroxyl groups is 4. The summed E-state index contributed by atoms with van der Waals surface area (Å²) in [4.78, 5) is 0.182. The average Bonchev–Trinajstić information content (AvgIpc) is 2.59. The van der Waals surface area contributed by atoms with Crippen molar-refractivity contribution in [3.63, 3.8) is 0 Å². The zero-order valence-electron chi connectivity index (χ0n) is 13.6. The summed E-state index contributed by atoms with van der Waals surface area (Å²) in [5, 5.41) is 50.5. The number of phenolic OH excluding ortho intramolecular Hbond substituents is 4. The molecule has 0 atom stereocenters. The van der Waals surface area contributed by atoms with Crippen molar-refractivity contribution in [3.05, 3.63) is 51.0 Å². The standard InChI is InChI=1S/C18H15BrN2O4S/c1-9-2-11(4-13(19)16(9)24)8-21-18(26)12(7-20)3-10-5-14(22)17(25)15(23)6-10/h2-6,22-25H,8H2,1H3,(H,21,26)/b12-3+. The van der Waals surface area contributed by atoms with Crippen LogP contribution in [0.2, 0.25) is 0 Å². The highest BCUT2D eigenvalue weighted by Crippen LogP contribution is 2.36. The lowest BCUT2D eigenvalue weighted by atomic mass is 10.1. The van der Waals surface area contributed by atoms with Crippen LogP contribution >= 0.6 is 28.1 Å². The molecular formula is C18H15BrN2O4S. The lowest BCUT2D eigenvalue weighted by Gasteiger charge is -2.10. The van der Waals surface area contributed by atoms with Crippen molar-refractivity contribution >= 4 is 39.2 Å². The van der Waals surface area contributed by atoms with Gasteiger partial charge in [0.05, 0.1) is 10.0 Å². The topological polar surface area (TPSA) is 117 Å². The molecule has 0 amide bonds. The number of rotatable bonds is 4. The maximum Gasteiger partial charge on any atom is 0.200 e. The van der Waals surface area contributed by atoms with Crippen LogP contribution in [0.1, 0.15) is 16.7 Å². The zero-order valence-corrected chi connectivity index (χ0v) is 16.0. The first-order chi connectivity index (χ1) is 12.2. The van der Waals surface area contributed by atoms with Crippen LogP contribution < -0.4 is 5.32 Å². The smallest absolute Gasteiger partial charge is 0.200 e. The Labute approximate surface area is 163 Å². The molecule has 0 saturated carbocycles. The Morgan fingerprint density at radius 3 is 2.31 bits per heavy atom. The minimum atomic E-state index is -0.630. The quantitative estimate of drug-likeness (QED) is 0.216. The molecule has 0 aliphatic carbocycles. The molecule has 2 rings (SSSR count). The third-order valence-corrected chi connectivity index (χ3v) is 4.50. The number of nitrogens with one attached hydrogen (secondary N) is 1. The summed E-state index contributed by atoms with van der Waals surface area (Å²) < 4.78 is 0.561. The van der Waals surface area contributed by atoms with Crippen molar-refractivity contribution in [2.45, 2.75) is 13.5 Å². The summed E-state index contributed by atoms with van der Waals surface area (Å²) >= 11 is 8.49. The van der Waals surface area contributed by atoms with Gasteiger partial charge in [-0.1, -0.05) is 18.3 Å². The first kappa shape index (κ1) is 19.6. The summed E-state index contributed by atoms with van der Waals surface area (Å²) in [6.07, 6.45) is 1.38. The van der Waals surface area contributed by atoms with Gasteiger partial charge in [-0.05, 0) is 63.8 Å². The average molecular weight is 435 g/mol. The van der Waals surface area contributed by atoms with Gasteiger partial charge in [0, 0.05) is 6.54 Å². The van der Waals surface area contributed by atoms with E-state index in [2.05, 4.69) is 21.2 Å². The number of nitriles is 1. The Hall–Kier alpha value is -2.76. The van der Waals surface area contributed by atoms with Crippen LogP contribution in [0.25, 0.3) is 6.08 Å². The Morgan fingerprint density at radius 2 is 1.77 bits per heavy atom. The number of benzene rings is 2. The molecule has 0 saturated heterocycles. The number of hydrogen-bond acceptors (Lipinski definition) is 6. The van der Waals surface area contributed by atoms with Crippen molar-refractivity contribution in [1.82, 2.24) is 5.32 Å². The summed E-state index contributed by atoms with van der Waals surface area (Å²) in [7, 11) is 0. The van der Waals surface area contributed by atoms with Crippen molar-refractivity contribution < 1.29 is 20.4 Å². The Morgan fingerprint density at radius 1 is 1.15 bits per heavy atom. The van der Waals surface area contributed by atoms with Gasteiger partial charge in [-0.3, -0.25) is 0 Å². The Kier molecular flexibility index (Phi) is 6.08. The van der Waals surface area contributed by atoms with Gasteiger partial charge >= 0.3 is 0 Å². The third-order valence-electron chi connectivity index (χ3n) is 3.53. The highest BCUT2D eigenvalue weighted by molar-refractivity contribution is 9.10. The largest absolute Gasteiger partial charge is 0.506 e. The molecule has 2 aromatic rings. The van der Waals surface area contributed by atoms with E-state index < -0.39 is 17.2 Å². The van der Waals surface area contributed by atoms with Crippen molar-refractivity contribution in [1.29, 1.82) is 5.26 Å². The molecule has 0 heterocycles. The van der Waals surface area contributed by atoms with E-state index >= 15 is 0 Å². The highest BCUT2D eigenvalue weighted by atomic mass is 79.9. The molecule has 0 aromatic heterocycles. The van der Waals surface area contributed by atoms with Crippen molar-refractivity contribution in [3.8, 4) is 29.1 Å². The van der Waals surface area contributed by atoms with Gasteiger partial charge in [-0.25, -0.2) is 0 Å². The highest BCUT2D eigenvalue weighted by Gasteiger charge is 2.10. The molecule has 8 heteroatoms. The number of halogens is 1. The summed E-state index contributed by atoms with van der Waals surface area (Å²) in [5.41, 5.74) is 1.99. The minimum Gasteiger partial charge on any atom is -0.506 e. The van der Waals surface area contributed by atoms with Crippen molar-refractivity contribution in [2.24, 2.45) is 0 Å². The van der Waals surface area contributed by atoms with E-state index in [4.69, 9.17) is 12.2 Å². The van der Waals surface area contributed by atoms with Gasteiger partial charge in [-0.2, -0.15) is 5.26 Å². The molecule has 0 fully saturated rings. The second-order valence-corrected chi connectivity index (χ2v) is 6.77. The van der Waals surface area contributed by atoms with E-state index in [1.165, 1.54) is 18.2 Å². The van der Waals surface area contributed by atoms with Gasteiger partial charge in [0.25, 0.3) is 0 Å². The molecule has 5 N–H and O–H groups in total. The second kappa shape index (κ2) is 8.08. The molecule has 0 bridgehead atoms. The first-order valence-corrected chi connectivity index (χ1v) is 8.56. The molecular weight excluding hydrogens is 420 g/mol. The zero-order chi connectivity index (χ0) is 19.4. The lowest BCUT2D eigenvalue weighted by molar-refractivity contribution is 0.368. The van der Waals surface area contributed by atoms with Crippen LogP contribution in [-0.2, 0) is 6.54 Å². The monoisotopic (exact) mass is 434 g/mol.